The van der Waals surface area contributed by atoms with Crippen LogP contribution in [0.1, 0.15) is 40.0 Å². The zero-order valence-corrected chi connectivity index (χ0v) is 15.8. The van der Waals surface area contributed by atoms with E-state index in [9.17, 15) is 14.4 Å². The van der Waals surface area contributed by atoms with E-state index in [0.29, 0.717) is 37.4 Å². The highest BCUT2D eigenvalue weighted by atomic mass is 16.5. The number of hydrogen-bond donors (Lipinski definition) is 2. The molecule has 0 aromatic heterocycles. The van der Waals surface area contributed by atoms with Gasteiger partial charge in [-0.05, 0) is 39.7 Å². The lowest BCUT2D eigenvalue weighted by atomic mass is 9.96. The number of hydrogen-bond acceptors (Lipinski definition) is 6. The highest BCUT2D eigenvalue weighted by Gasteiger charge is 2.34. The minimum absolute atomic E-state index is 0.172. The van der Waals surface area contributed by atoms with Crippen LogP contribution in [-0.2, 0) is 19.1 Å². The molecule has 0 saturated carbocycles. The standard InChI is InChI=1S/C18H29N3O5/c1-4-13-15(17(23)26-6-3)14(20-18(24)19-13)11-21-9-7-8-12(10-21)16(22)25-5-2/h12-13H,4-11H2,1-3H3,(H2,19,20,24)/t12-,13-/m1/s1. The summed E-state index contributed by atoms with van der Waals surface area (Å²) in [5, 5.41) is 5.52. The smallest absolute Gasteiger partial charge is 0.337 e. The third-order valence-electron chi connectivity index (χ3n) is 4.65. The van der Waals surface area contributed by atoms with Crippen LogP contribution in [0.15, 0.2) is 11.3 Å². The van der Waals surface area contributed by atoms with Gasteiger partial charge < -0.3 is 20.1 Å². The van der Waals surface area contributed by atoms with Crippen LogP contribution in [0.5, 0.6) is 0 Å². The van der Waals surface area contributed by atoms with E-state index in [2.05, 4.69) is 15.5 Å². The Morgan fingerprint density at radius 2 is 1.92 bits per heavy atom. The Hall–Kier alpha value is -2.09. The third kappa shape index (κ3) is 4.97. The third-order valence-corrected chi connectivity index (χ3v) is 4.65. The van der Waals surface area contributed by atoms with E-state index in [1.54, 1.807) is 13.8 Å². The Labute approximate surface area is 154 Å². The zero-order chi connectivity index (χ0) is 19.1. The van der Waals surface area contributed by atoms with Crippen molar-refractivity contribution in [1.29, 1.82) is 0 Å². The van der Waals surface area contributed by atoms with E-state index in [1.807, 2.05) is 6.92 Å². The Morgan fingerprint density at radius 3 is 2.58 bits per heavy atom. The van der Waals surface area contributed by atoms with Gasteiger partial charge in [0.15, 0.2) is 0 Å². The summed E-state index contributed by atoms with van der Waals surface area (Å²) >= 11 is 0. The lowest BCUT2D eigenvalue weighted by Crippen LogP contribution is -2.53. The summed E-state index contributed by atoms with van der Waals surface area (Å²) in [7, 11) is 0. The molecule has 2 rings (SSSR count). The number of amides is 2. The van der Waals surface area contributed by atoms with Crippen molar-refractivity contribution in [3.05, 3.63) is 11.3 Å². The van der Waals surface area contributed by atoms with Crippen molar-refractivity contribution < 1.29 is 23.9 Å². The molecule has 0 unspecified atom stereocenters. The largest absolute Gasteiger partial charge is 0.466 e. The van der Waals surface area contributed by atoms with Crippen molar-refractivity contribution in [2.45, 2.75) is 46.1 Å². The highest BCUT2D eigenvalue weighted by Crippen LogP contribution is 2.22. The number of rotatable bonds is 7. The highest BCUT2D eigenvalue weighted by molar-refractivity contribution is 5.94. The van der Waals surface area contributed by atoms with Crippen LogP contribution in [-0.4, -0.2) is 61.8 Å². The number of piperidine rings is 1. The monoisotopic (exact) mass is 367 g/mol. The second kappa shape index (κ2) is 9.56. The van der Waals surface area contributed by atoms with E-state index in [4.69, 9.17) is 9.47 Å². The second-order valence-electron chi connectivity index (χ2n) is 6.50. The maximum atomic E-state index is 12.4. The number of urea groups is 1. The molecule has 2 aliphatic rings. The minimum atomic E-state index is -0.416. The second-order valence-corrected chi connectivity index (χ2v) is 6.50. The predicted octanol–water partition coefficient (Wildman–Crippen LogP) is 1.17. The fourth-order valence-electron chi connectivity index (χ4n) is 3.46. The summed E-state index contributed by atoms with van der Waals surface area (Å²) in [6.45, 7) is 7.85. The Kier molecular flexibility index (Phi) is 7.44. The summed E-state index contributed by atoms with van der Waals surface area (Å²) in [4.78, 5) is 38.5. The lowest BCUT2D eigenvalue weighted by molar-refractivity contribution is -0.150. The number of ether oxygens (including phenoxy) is 2. The number of carbonyl (C=O) groups is 3. The lowest BCUT2D eigenvalue weighted by Gasteiger charge is -2.35. The van der Waals surface area contributed by atoms with Crippen LogP contribution in [0.25, 0.3) is 0 Å². The Balaban J connectivity index is 2.17. The van der Waals surface area contributed by atoms with Crippen LogP contribution in [0.3, 0.4) is 0 Å². The topological polar surface area (TPSA) is 97.0 Å². The molecule has 1 fully saturated rings. The van der Waals surface area contributed by atoms with Crippen LogP contribution in [0.2, 0.25) is 0 Å². The van der Waals surface area contributed by atoms with Gasteiger partial charge in [0.25, 0.3) is 0 Å². The molecule has 1 saturated heterocycles. The molecule has 26 heavy (non-hydrogen) atoms. The van der Waals surface area contributed by atoms with E-state index in [0.717, 1.165) is 19.4 Å². The van der Waals surface area contributed by atoms with Gasteiger partial charge in [-0.2, -0.15) is 0 Å². The minimum Gasteiger partial charge on any atom is -0.466 e. The number of nitrogens with one attached hydrogen (secondary N) is 2. The molecule has 2 heterocycles. The normalized spacial score (nSPS) is 23.9. The molecule has 2 amide bonds. The average Bonchev–Trinajstić information content (AvgIpc) is 2.61. The molecular weight excluding hydrogens is 338 g/mol. The summed E-state index contributed by atoms with van der Waals surface area (Å²) < 4.78 is 10.3. The number of carbonyl (C=O) groups excluding carboxylic acids is 3. The van der Waals surface area contributed by atoms with Crippen molar-refractivity contribution in [2.24, 2.45) is 5.92 Å². The number of esters is 2. The fourth-order valence-corrected chi connectivity index (χ4v) is 3.46. The first-order chi connectivity index (χ1) is 12.5. The molecule has 0 aliphatic carbocycles. The molecule has 0 aromatic carbocycles. The van der Waals surface area contributed by atoms with Gasteiger partial charge in [-0.15, -0.1) is 0 Å². The summed E-state index contributed by atoms with van der Waals surface area (Å²) in [6, 6.07) is -0.692. The quantitative estimate of drug-likeness (QED) is 0.656. The van der Waals surface area contributed by atoms with E-state index in [-0.39, 0.29) is 30.6 Å². The summed E-state index contributed by atoms with van der Waals surface area (Å²) in [6.07, 6.45) is 2.26. The molecule has 0 bridgehead atoms. The molecule has 8 nitrogen and oxygen atoms in total. The molecule has 2 N–H and O–H groups in total. The maximum absolute atomic E-state index is 12.4. The van der Waals surface area contributed by atoms with Crippen molar-refractivity contribution in [1.82, 2.24) is 15.5 Å². The van der Waals surface area contributed by atoms with Gasteiger partial charge in [-0.3, -0.25) is 9.69 Å². The summed E-state index contributed by atoms with van der Waals surface area (Å²) in [5.74, 6) is -0.770. The molecule has 2 aliphatic heterocycles. The van der Waals surface area contributed by atoms with Crippen LogP contribution in [0, 0.1) is 5.92 Å². The Bertz CT molecular complexity index is 575. The molecule has 0 radical (unpaired) electrons. The molecule has 0 aromatic rings. The van der Waals surface area contributed by atoms with Gasteiger partial charge in [0.2, 0.25) is 0 Å². The van der Waals surface area contributed by atoms with Crippen molar-refractivity contribution >= 4 is 18.0 Å². The van der Waals surface area contributed by atoms with Gasteiger partial charge in [0.1, 0.15) is 0 Å². The first-order valence-corrected chi connectivity index (χ1v) is 9.36. The van der Waals surface area contributed by atoms with Gasteiger partial charge >= 0.3 is 18.0 Å². The predicted molar refractivity (Wildman–Crippen MR) is 95.2 cm³/mol. The van der Waals surface area contributed by atoms with Gasteiger partial charge in [0, 0.05) is 18.8 Å². The number of likely N-dealkylation sites (tertiary alicyclic amines) is 1. The summed E-state index contributed by atoms with van der Waals surface area (Å²) in [5.41, 5.74) is 1.02. The fraction of sp³-hybridized carbons (Fsp3) is 0.722. The van der Waals surface area contributed by atoms with Crippen molar-refractivity contribution in [2.75, 3.05) is 32.8 Å². The van der Waals surface area contributed by atoms with Crippen molar-refractivity contribution in [3.63, 3.8) is 0 Å². The van der Waals surface area contributed by atoms with Gasteiger partial charge in [-0.1, -0.05) is 6.92 Å². The van der Waals surface area contributed by atoms with Crippen molar-refractivity contribution in [3.8, 4) is 0 Å². The molecule has 0 spiro atoms. The Morgan fingerprint density at radius 1 is 1.19 bits per heavy atom. The van der Waals surface area contributed by atoms with Crippen LogP contribution >= 0.6 is 0 Å². The molecular formula is C18H29N3O5. The van der Waals surface area contributed by atoms with E-state index in [1.165, 1.54) is 0 Å². The molecule has 146 valence electrons. The number of nitrogens with zero attached hydrogens (tertiary/aromatic N) is 1. The molecule has 8 heteroatoms. The van der Waals surface area contributed by atoms with Gasteiger partial charge in [-0.25, -0.2) is 9.59 Å². The van der Waals surface area contributed by atoms with E-state index < -0.39 is 5.97 Å². The molecule has 2 atom stereocenters. The van der Waals surface area contributed by atoms with E-state index >= 15 is 0 Å². The van der Waals surface area contributed by atoms with Crippen LogP contribution in [0.4, 0.5) is 4.79 Å². The first-order valence-electron chi connectivity index (χ1n) is 9.36. The first kappa shape index (κ1) is 20.2. The maximum Gasteiger partial charge on any atom is 0.337 e. The zero-order valence-electron chi connectivity index (χ0n) is 15.8. The van der Waals surface area contributed by atoms with Crippen LogP contribution < -0.4 is 10.6 Å². The average molecular weight is 367 g/mol. The van der Waals surface area contributed by atoms with Gasteiger partial charge in [0.05, 0.1) is 30.7 Å². The SMILES string of the molecule is CCOC(=O)C1=C(CN2CCC[C@@H](C(=O)OCC)C2)NC(=O)N[C@@H]1CC.